The lowest BCUT2D eigenvalue weighted by atomic mass is 10.1. The van der Waals surface area contributed by atoms with Crippen LogP contribution >= 0.6 is 11.6 Å². The maximum atomic E-state index is 13.5. The standard InChI is InChI=1S/C13H13ClF2N4O2/c14-11-7(5-17)3-10(19-11)12(21)18-8-4-9(16)13(22)20(6-8)2-1-15/h4,6-7,10-11,19H,1-3H2,(H,18,21). The molecule has 1 saturated heterocycles. The second kappa shape index (κ2) is 6.85. The maximum absolute atomic E-state index is 13.5. The van der Waals surface area contributed by atoms with Gasteiger partial charge in [0, 0.05) is 12.3 Å². The zero-order chi connectivity index (χ0) is 16.3. The van der Waals surface area contributed by atoms with Gasteiger partial charge in [0.1, 0.15) is 6.67 Å². The summed E-state index contributed by atoms with van der Waals surface area (Å²) in [6.45, 7) is -1.14. The highest BCUT2D eigenvalue weighted by atomic mass is 35.5. The number of anilines is 1. The van der Waals surface area contributed by atoms with Crippen molar-refractivity contribution in [2.24, 2.45) is 5.92 Å². The highest BCUT2D eigenvalue weighted by Gasteiger charge is 2.36. The lowest BCUT2D eigenvalue weighted by Gasteiger charge is -2.13. The van der Waals surface area contributed by atoms with Crippen LogP contribution < -0.4 is 16.2 Å². The fraction of sp³-hybridized carbons (Fsp3) is 0.462. The van der Waals surface area contributed by atoms with E-state index in [-0.39, 0.29) is 18.7 Å². The molecule has 2 rings (SSSR count). The van der Waals surface area contributed by atoms with E-state index in [1.165, 1.54) is 0 Å². The number of halogens is 3. The molecule has 1 amide bonds. The van der Waals surface area contributed by atoms with Gasteiger partial charge in [0.05, 0.1) is 35.8 Å². The summed E-state index contributed by atoms with van der Waals surface area (Å²) in [6, 6.07) is 2.15. The number of hydrogen-bond donors (Lipinski definition) is 2. The summed E-state index contributed by atoms with van der Waals surface area (Å²) in [5.41, 5.74) is -1.57. The lowest BCUT2D eigenvalue weighted by molar-refractivity contribution is -0.117. The number of carbonyl (C=O) groups is 1. The zero-order valence-electron chi connectivity index (χ0n) is 11.4. The Labute approximate surface area is 129 Å². The van der Waals surface area contributed by atoms with E-state index < -0.39 is 41.4 Å². The van der Waals surface area contributed by atoms with Crippen LogP contribution in [-0.2, 0) is 11.3 Å². The third-order valence-electron chi connectivity index (χ3n) is 3.32. The van der Waals surface area contributed by atoms with Gasteiger partial charge in [-0.1, -0.05) is 0 Å². The number of hydrogen-bond acceptors (Lipinski definition) is 4. The quantitative estimate of drug-likeness (QED) is 0.636. The van der Waals surface area contributed by atoms with Gasteiger partial charge in [0.25, 0.3) is 5.56 Å². The fourth-order valence-corrected chi connectivity index (χ4v) is 2.52. The molecule has 9 heteroatoms. The first-order valence-corrected chi connectivity index (χ1v) is 6.96. The van der Waals surface area contributed by atoms with Crippen LogP contribution in [0.2, 0.25) is 0 Å². The number of rotatable bonds is 4. The predicted octanol–water partition coefficient (Wildman–Crippen LogP) is 0.962. The van der Waals surface area contributed by atoms with Crippen molar-refractivity contribution >= 4 is 23.2 Å². The average Bonchev–Trinajstić information content (AvgIpc) is 2.85. The Kier molecular flexibility index (Phi) is 5.11. The monoisotopic (exact) mass is 330 g/mol. The molecule has 0 radical (unpaired) electrons. The molecule has 3 atom stereocenters. The highest BCUT2D eigenvalue weighted by molar-refractivity contribution is 6.21. The molecule has 0 spiro atoms. The Bertz CT molecular complexity index is 673. The van der Waals surface area contributed by atoms with Gasteiger partial charge in [0.15, 0.2) is 5.82 Å². The second-order valence-corrected chi connectivity index (χ2v) is 5.32. The molecule has 1 aliphatic heterocycles. The number of nitriles is 1. The van der Waals surface area contributed by atoms with Crippen molar-refractivity contribution in [3.8, 4) is 6.07 Å². The topological polar surface area (TPSA) is 86.9 Å². The molecule has 1 fully saturated rings. The van der Waals surface area contributed by atoms with E-state index in [9.17, 15) is 18.4 Å². The summed E-state index contributed by atoms with van der Waals surface area (Å²) in [5.74, 6) is -2.10. The molecule has 0 aromatic carbocycles. The zero-order valence-corrected chi connectivity index (χ0v) is 12.1. The summed E-state index contributed by atoms with van der Waals surface area (Å²) >= 11 is 5.87. The Morgan fingerprint density at radius 3 is 2.95 bits per heavy atom. The third kappa shape index (κ3) is 3.43. The number of aryl methyl sites for hydroxylation is 1. The molecule has 6 nitrogen and oxygen atoms in total. The number of alkyl halides is 2. The van der Waals surface area contributed by atoms with E-state index in [1.54, 1.807) is 0 Å². The highest BCUT2D eigenvalue weighted by Crippen LogP contribution is 2.23. The van der Waals surface area contributed by atoms with Gasteiger partial charge < -0.3 is 9.88 Å². The Morgan fingerprint density at radius 1 is 1.64 bits per heavy atom. The van der Waals surface area contributed by atoms with E-state index in [2.05, 4.69) is 10.6 Å². The van der Waals surface area contributed by atoms with Crippen molar-refractivity contribution in [3.63, 3.8) is 0 Å². The molecule has 0 aliphatic carbocycles. The number of nitrogens with zero attached hydrogens (tertiary/aromatic N) is 2. The molecule has 0 bridgehead atoms. The van der Waals surface area contributed by atoms with Crippen molar-refractivity contribution in [3.05, 3.63) is 28.4 Å². The van der Waals surface area contributed by atoms with Gasteiger partial charge in [-0.15, -0.1) is 11.6 Å². The molecule has 1 aliphatic rings. The minimum atomic E-state index is -1.09. The van der Waals surface area contributed by atoms with Crippen molar-refractivity contribution in [2.75, 3.05) is 12.0 Å². The van der Waals surface area contributed by atoms with Crippen LogP contribution in [0.3, 0.4) is 0 Å². The van der Waals surface area contributed by atoms with E-state index in [1.807, 2.05) is 6.07 Å². The van der Waals surface area contributed by atoms with Crippen LogP contribution in [-0.4, -0.2) is 28.7 Å². The second-order valence-electron chi connectivity index (χ2n) is 4.85. The van der Waals surface area contributed by atoms with Gasteiger partial charge in [-0.25, -0.2) is 8.78 Å². The number of carbonyl (C=O) groups excluding carboxylic acids is 1. The largest absolute Gasteiger partial charge is 0.323 e. The van der Waals surface area contributed by atoms with Crippen LogP contribution in [0.25, 0.3) is 0 Å². The summed E-state index contributed by atoms with van der Waals surface area (Å²) in [5, 5.41) is 14.0. The molecule has 1 aromatic heterocycles. The normalized spacial score (nSPS) is 24.0. The first kappa shape index (κ1) is 16.4. The third-order valence-corrected chi connectivity index (χ3v) is 3.75. The van der Waals surface area contributed by atoms with Gasteiger partial charge in [0.2, 0.25) is 5.91 Å². The first-order valence-electron chi connectivity index (χ1n) is 6.52. The molecule has 1 aromatic rings. The van der Waals surface area contributed by atoms with E-state index in [0.717, 1.165) is 16.8 Å². The minimum absolute atomic E-state index is 0.0314. The smallest absolute Gasteiger partial charge is 0.286 e. The molecule has 22 heavy (non-hydrogen) atoms. The van der Waals surface area contributed by atoms with Gasteiger partial charge in [-0.05, 0) is 6.42 Å². The predicted molar refractivity (Wildman–Crippen MR) is 75.5 cm³/mol. The Balaban J connectivity index is 2.13. The maximum Gasteiger partial charge on any atom is 0.286 e. The number of nitrogens with one attached hydrogen (secondary N) is 2. The molecule has 2 N–H and O–H groups in total. The number of amides is 1. The van der Waals surface area contributed by atoms with Crippen molar-refractivity contribution in [2.45, 2.75) is 24.5 Å². The molecule has 118 valence electrons. The van der Waals surface area contributed by atoms with Crippen molar-refractivity contribution in [1.82, 2.24) is 9.88 Å². The molecule has 0 saturated carbocycles. The van der Waals surface area contributed by atoms with Crippen LogP contribution in [0.1, 0.15) is 6.42 Å². The first-order chi connectivity index (χ1) is 10.5. The Hall–Kier alpha value is -1.98. The molecule has 3 unspecified atom stereocenters. The fourth-order valence-electron chi connectivity index (χ4n) is 2.20. The molecule has 2 heterocycles. The number of pyridine rings is 1. The van der Waals surface area contributed by atoms with Crippen LogP contribution in [0.15, 0.2) is 17.1 Å². The summed E-state index contributed by atoms with van der Waals surface area (Å²) in [7, 11) is 0. The van der Waals surface area contributed by atoms with E-state index in [0.29, 0.717) is 0 Å². The molecular weight excluding hydrogens is 318 g/mol. The van der Waals surface area contributed by atoms with Crippen molar-refractivity contribution < 1.29 is 13.6 Å². The van der Waals surface area contributed by atoms with Crippen molar-refractivity contribution in [1.29, 1.82) is 5.26 Å². The van der Waals surface area contributed by atoms with E-state index >= 15 is 0 Å². The molecular formula is C13H13ClF2N4O2. The van der Waals surface area contributed by atoms with Gasteiger partial charge in [-0.2, -0.15) is 5.26 Å². The lowest BCUT2D eigenvalue weighted by Crippen LogP contribution is -2.38. The average molecular weight is 331 g/mol. The Morgan fingerprint density at radius 2 is 2.36 bits per heavy atom. The van der Waals surface area contributed by atoms with Gasteiger partial charge >= 0.3 is 0 Å². The SMILES string of the molecule is N#CC1CC(C(=O)Nc2cc(F)c(=O)n(CCF)c2)NC1Cl. The van der Waals surface area contributed by atoms with Gasteiger partial charge in [-0.3, -0.25) is 14.9 Å². The summed E-state index contributed by atoms with van der Waals surface area (Å²) in [4.78, 5) is 23.5. The van der Waals surface area contributed by atoms with E-state index in [4.69, 9.17) is 16.9 Å². The minimum Gasteiger partial charge on any atom is -0.323 e. The van der Waals surface area contributed by atoms with Crippen LogP contribution in [0, 0.1) is 23.1 Å². The van der Waals surface area contributed by atoms with Crippen LogP contribution in [0.4, 0.5) is 14.5 Å². The van der Waals surface area contributed by atoms with Crippen LogP contribution in [0.5, 0.6) is 0 Å². The summed E-state index contributed by atoms with van der Waals surface area (Å²) in [6.07, 6.45) is 1.39. The summed E-state index contributed by atoms with van der Waals surface area (Å²) < 4.78 is 26.7. The number of aromatic nitrogens is 1.